The maximum Gasteiger partial charge on any atom is 0.305 e. The number of methoxy groups -OCH3 is 1. The highest BCUT2D eigenvalue weighted by Crippen LogP contribution is 2.36. The van der Waals surface area contributed by atoms with Gasteiger partial charge in [0.1, 0.15) is 5.78 Å². The van der Waals surface area contributed by atoms with Crippen LogP contribution in [0.25, 0.3) is 0 Å². The van der Waals surface area contributed by atoms with E-state index in [-0.39, 0.29) is 11.8 Å². The lowest BCUT2D eigenvalue weighted by atomic mass is 9.89. The molecule has 1 rings (SSSR count). The van der Waals surface area contributed by atoms with Crippen molar-refractivity contribution in [1.82, 2.24) is 0 Å². The van der Waals surface area contributed by atoms with E-state index in [9.17, 15) is 9.59 Å². The van der Waals surface area contributed by atoms with E-state index in [2.05, 4.69) is 4.74 Å². The summed E-state index contributed by atoms with van der Waals surface area (Å²) in [6, 6.07) is 0. The molecule has 3 nitrogen and oxygen atoms in total. The predicted molar refractivity (Wildman–Crippen MR) is 52.8 cm³/mol. The largest absolute Gasteiger partial charge is 0.469 e. The van der Waals surface area contributed by atoms with E-state index in [4.69, 9.17) is 0 Å². The Labute approximate surface area is 84.8 Å². The van der Waals surface area contributed by atoms with Crippen LogP contribution in [0.1, 0.15) is 39.0 Å². The van der Waals surface area contributed by atoms with Gasteiger partial charge in [-0.2, -0.15) is 0 Å². The van der Waals surface area contributed by atoms with Crippen LogP contribution in [-0.4, -0.2) is 18.9 Å². The van der Waals surface area contributed by atoms with Crippen molar-refractivity contribution in [3.8, 4) is 0 Å². The lowest BCUT2D eigenvalue weighted by molar-refractivity contribution is -0.142. The molecule has 1 aliphatic carbocycles. The van der Waals surface area contributed by atoms with Crippen LogP contribution in [0.2, 0.25) is 0 Å². The fourth-order valence-corrected chi connectivity index (χ4v) is 2.32. The minimum Gasteiger partial charge on any atom is -0.469 e. The summed E-state index contributed by atoms with van der Waals surface area (Å²) < 4.78 is 4.64. The average Bonchev–Trinajstić information content (AvgIpc) is 2.52. The SMILES string of the molecule is COC(=O)C[C@H]1CCC[C@@H]1CC(C)=O. The molecule has 0 heterocycles. The molecule has 1 aliphatic rings. The first-order valence-corrected chi connectivity index (χ1v) is 5.19. The van der Waals surface area contributed by atoms with Gasteiger partial charge >= 0.3 is 5.97 Å². The van der Waals surface area contributed by atoms with Gasteiger partial charge in [0.15, 0.2) is 0 Å². The van der Waals surface area contributed by atoms with Gasteiger partial charge in [-0.25, -0.2) is 0 Å². The minimum absolute atomic E-state index is 0.148. The first kappa shape index (κ1) is 11.2. The Hall–Kier alpha value is -0.860. The zero-order valence-corrected chi connectivity index (χ0v) is 8.91. The second-order valence-electron chi connectivity index (χ2n) is 4.14. The summed E-state index contributed by atoms with van der Waals surface area (Å²) in [6.07, 6.45) is 4.39. The van der Waals surface area contributed by atoms with Crippen LogP contribution in [0.5, 0.6) is 0 Å². The van der Waals surface area contributed by atoms with Gasteiger partial charge in [0.2, 0.25) is 0 Å². The summed E-state index contributed by atoms with van der Waals surface area (Å²) in [4.78, 5) is 22.1. The van der Waals surface area contributed by atoms with Crippen molar-refractivity contribution in [3.63, 3.8) is 0 Å². The Morgan fingerprint density at radius 1 is 1.21 bits per heavy atom. The highest BCUT2D eigenvalue weighted by Gasteiger charge is 2.29. The quantitative estimate of drug-likeness (QED) is 0.648. The number of esters is 1. The lowest BCUT2D eigenvalue weighted by Crippen LogP contribution is -2.16. The van der Waals surface area contributed by atoms with E-state index in [1.807, 2.05) is 0 Å². The van der Waals surface area contributed by atoms with Crippen LogP contribution in [-0.2, 0) is 14.3 Å². The standard InChI is InChI=1S/C11H18O3/c1-8(12)6-9-4-3-5-10(9)7-11(13)14-2/h9-10H,3-7H2,1-2H3/t9-,10-/m1/s1. The summed E-state index contributed by atoms with van der Waals surface area (Å²) in [7, 11) is 1.41. The molecule has 0 aromatic rings. The maximum absolute atomic E-state index is 11.1. The highest BCUT2D eigenvalue weighted by atomic mass is 16.5. The van der Waals surface area contributed by atoms with Gasteiger partial charge in [-0.05, 0) is 31.6 Å². The number of ether oxygens (including phenoxy) is 1. The van der Waals surface area contributed by atoms with Gasteiger partial charge < -0.3 is 9.53 Å². The summed E-state index contributed by atoms with van der Waals surface area (Å²) in [5.41, 5.74) is 0. The molecular weight excluding hydrogens is 180 g/mol. The third kappa shape index (κ3) is 3.13. The highest BCUT2D eigenvalue weighted by molar-refractivity contribution is 5.76. The fourth-order valence-electron chi connectivity index (χ4n) is 2.32. The summed E-state index contributed by atoms with van der Waals surface area (Å²) in [5, 5.41) is 0. The van der Waals surface area contributed by atoms with Crippen LogP contribution in [0, 0.1) is 11.8 Å². The summed E-state index contributed by atoms with van der Waals surface area (Å²) in [5.74, 6) is 0.857. The monoisotopic (exact) mass is 198 g/mol. The molecule has 2 atom stereocenters. The van der Waals surface area contributed by atoms with Crippen molar-refractivity contribution in [2.45, 2.75) is 39.0 Å². The van der Waals surface area contributed by atoms with E-state index < -0.39 is 0 Å². The smallest absolute Gasteiger partial charge is 0.305 e. The van der Waals surface area contributed by atoms with Gasteiger partial charge in [-0.15, -0.1) is 0 Å². The van der Waals surface area contributed by atoms with Gasteiger partial charge in [-0.1, -0.05) is 6.42 Å². The third-order valence-corrected chi connectivity index (χ3v) is 3.02. The molecule has 0 spiro atoms. The normalized spacial score (nSPS) is 26.1. The molecule has 14 heavy (non-hydrogen) atoms. The fraction of sp³-hybridized carbons (Fsp3) is 0.818. The van der Waals surface area contributed by atoms with Crippen LogP contribution < -0.4 is 0 Å². The third-order valence-electron chi connectivity index (χ3n) is 3.02. The predicted octanol–water partition coefficient (Wildman–Crippen LogP) is 1.94. The Morgan fingerprint density at radius 3 is 2.29 bits per heavy atom. The van der Waals surface area contributed by atoms with Gasteiger partial charge in [0.25, 0.3) is 0 Å². The van der Waals surface area contributed by atoms with Crippen molar-refractivity contribution >= 4 is 11.8 Å². The average molecular weight is 198 g/mol. The number of hydrogen-bond donors (Lipinski definition) is 0. The Morgan fingerprint density at radius 2 is 1.79 bits per heavy atom. The molecule has 0 radical (unpaired) electrons. The van der Waals surface area contributed by atoms with Crippen molar-refractivity contribution in [1.29, 1.82) is 0 Å². The number of carbonyl (C=O) groups excluding carboxylic acids is 2. The molecule has 80 valence electrons. The molecule has 0 aliphatic heterocycles. The molecule has 3 heteroatoms. The molecule has 0 unspecified atom stereocenters. The minimum atomic E-state index is -0.148. The molecule has 1 saturated carbocycles. The Kier molecular flexibility index (Phi) is 4.11. The first-order valence-electron chi connectivity index (χ1n) is 5.19. The van der Waals surface area contributed by atoms with E-state index in [1.165, 1.54) is 7.11 Å². The van der Waals surface area contributed by atoms with Gasteiger partial charge in [-0.3, -0.25) is 4.79 Å². The van der Waals surface area contributed by atoms with Gasteiger partial charge in [0.05, 0.1) is 7.11 Å². The Balaban J connectivity index is 2.42. The zero-order valence-electron chi connectivity index (χ0n) is 8.91. The van der Waals surface area contributed by atoms with Crippen LogP contribution >= 0.6 is 0 Å². The summed E-state index contributed by atoms with van der Waals surface area (Å²) >= 11 is 0. The molecule has 0 aromatic carbocycles. The van der Waals surface area contributed by atoms with Crippen LogP contribution in [0.3, 0.4) is 0 Å². The van der Waals surface area contributed by atoms with Gasteiger partial charge in [0, 0.05) is 12.8 Å². The molecule has 0 N–H and O–H groups in total. The van der Waals surface area contributed by atoms with Crippen molar-refractivity contribution < 1.29 is 14.3 Å². The van der Waals surface area contributed by atoms with E-state index in [0.717, 1.165) is 19.3 Å². The lowest BCUT2D eigenvalue weighted by Gasteiger charge is -2.16. The molecule has 0 saturated heterocycles. The van der Waals surface area contributed by atoms with Crippen molar-refractivity contribution in [3.05, 3.63) is 0 Å². The maximum atomic E-state index is 11.1. The molecular formula is C11H18O3. The molecule has 0 bridgehead atoms. The Bertz CT molecular complexity index is 223. The van der Waals surface area contributed by atoms with Crippen LogP contribution in [0.4, 0.5) is 0 Å². The molecule has 1 fully saturated rings. The second-order valence-corrected chi connectivity index (χ2v) is 4.14. The second kappa shape index (κ2) is 5.13. The van der Waals surface area contributed by atoms with Crippen LogP contribution in [0.15, 0.2) is 0 Å². The molecule has 0 amide bonds. The van der Waals surface area contributed by atoms with E-state index in [1.54, 1.807) is 6.92 Å². The number of hydrogen-bond acceptors (Lipinski definition) is 3. The van der Waals surface area contributed by atoms with Crippen molar-refractivity contribution in [2.75, 3.05) is 7.11 Å². The number of carbonyl (C=O) groups is 2. The molecule has 0 aromatic heterocycles. The summed E-state index contributed by atoms with van der Waals surface area (Å²) in [6.45, 7) is 1.62. The van der Waals surface area contributed by atoms with Crippen molar-refractivity contribution in [2.24, 2.45) is 11.8 Å². The van der Waals surface area contributed by atoms with E-state index >= 15 is 0 Å². The van der Waals surface area contributed by atoms with E-state index in [0.29, 0.717) is 24.7 Å². The first-order chi connectivity index (χ1) is 6.63. The number of ketones is 1. The topological polar surface area (TPSA) is 43.4 Å². The zero-order chi connectivity index (χ0) is 10.6. The number of rotatable bonds is 4. The number of Topliss-reactive ketones (excluding diaryl/α,β-unsaturated/α-hetero) is 1.